The van der Waals surface area contributed by atoms with E-state index in [9.17, 15) is 24.0 Å². The molecule has 2 aromatic heterocycles. The van der Waals surface area contributed by atoms with E-state index in [2.05, 4.69) is 25.1 Å². The lowest BCUT2D eigenvalue weighted by atomic mass is 9.98. The van der Waals surface area contributed by atoms with Crippen LogP contribution in [0.4, 0.5) is 16.3 Å². The maximum Gasteiger partial charge on any atom is 0.320 e. The molecule has 1 unspecified atom stereocenters. The highest BCUT2D eigenvalue weighted by Crippen LogP contribution is 2.37. The standard InChI is InChI=1S/C45H47N11O6/c46-40-38-39(28-6-9-33(10-7-28)62-32-4-2-1-3-5-32)50-56(41(38)48-27-47-40)30-16-18-51(19-17-30)29-14-20-53(21-15-29)45(61)54-24-22-52(23-25-54)31-8-11-34-35(26-31)44(60)55(43(34)59)36-12-13-37(57)49-42(36)58/h1-11,26-27,29-30,36H,12-25H2,(H2,46,47,48)(H,49,57,58). The van der Waals surface area contributed by atoms with Crippen LogP contribution in [-0.4, -0.2) is 133 Å². The highest BCUT2D eigenvalue weighted by atomic mass is 16.5. The van der Waals surface area contributed by atoms with Gasteiger partial charge < -0.3 is 30.1 Å². The molecule has 6 amide bonds. The fourth-order valence-electron chi connectivity index (χ4n) is 9.69. The van der Waals surface area contributed by atoms with Gasteiger partial charge in [0.25, 0.3) is 11.8 Å². The molecule has 5 aliphatic heterocycles. The van der Waals surface area contributed by atoms with Crippen molar-refractivity contribution in [1.82, 2.24) is 44.7 Å². The van der Waals surface area contributed by atoms with Crippen molar-refractivity contribution in [3.05, 3.63) is 90.3 Å². The number of aromatic nitrogens is 4. The molecule has 4 fully saturated rings. The number of carbonyl (C=O) groups is 5. The second-order valence-corrected chi connectivity index (χ2v) is 16.6. The molecule has 5 aliphatic rings. The van der Waals surface area contributed by atoms with Gasteiger partial charge in [0.1, 0.15) is 35.4 Å². The number of piperazine rings is 1. The van der Waals surface area contributed by atoms with Crippen molar-refractivity contribution in [2.75, 3.05) is 63.0 Å². The lowest BCUT2D eigenvalue weighted by Gasteiger charge is -2.43. The molecule has 0 bridgehead atoms. The fraction of sp³-hybridized carbons (Fsp3) is 0.378. The Morgan fingerprint density at radius 1 is 0.710 bits per heavy atom. The van der Waals surface area contributed by atoms with Crippen LogP contribution in [-0.2, 0) is 9.59 Å². The first-order valence-corrected chi connectivity index (χ1v) is 21.4. The summed E-state index contributed by atoms with van der Waals surface area (Å²) in [7, 11) is 0. The number of piperidine rings is 3. The van der Waals surface area contributed by atoms with Gasteiger partial charge in [0.2, 0.25) is 11.8 Å². The topological polar surface area (TPSA) is 192 Å². The van der Waals surface area contributed by atoms with Gasteiger partial charge in [-0.15, -0.1) is 0 Å². The quantitative estimate of drug-likeness (QED) is 0.221. The number of carbonyl (C=O) groups excluding carboxylic acids is 5. The van der Waals surface area contributed by atoms with Crippen LogP contribution >= 0.6 is 0 Å². The van der Waals surface area contributed by atoms with Crippen molar-refractivity contribution in [2.24, 2.45) is 0 Å². The molecule has 5 aromatic rings. The van der Waals surface area contributed by atoms with E-state index in [1.54, 1.807) is 12.1 Å². The molecule has 17 nitrogen and oxygen atoms in total. The highest BCUT2D eigenvalue weighted by molar-refractivity contribution is 6.23. The Bertz CT molecular complexity index is 2560. The lowest BCUT2D eigenvalue weighted by Crippen LogP contribution is -2.56. The summed E-state index contributed by atoms with van der Waals surface area (Å²) in [6.45, 7) is 5.48. The van der Waals surface area contributed by atoms with Crippen LogP contribution in [0.3, 0.4) is 0 Å². The Morgan fingerprint density at radius 2 is 1.39 bits per heavy atom. The van der Waals surface area contributed by atoms with Gasteiger partial charge in [0.15, 0.2) is 5.65 Å². The van der Waals surface area contributed by atoms with Crippen molar-refractivity contribution >= 4 is 52.2 Å². The summed E-state index contributed by atoms with van der Waals surface area (Å²) in [6, 6.07) is 22.3. The number of hydrogen-bond acceptors (Lipinski definition) is 12. The number of urea groups is 1. The second kappa shape index (κ2) is 16.2. The molecular weight excluding hydrogens is 791 g/mol. The Balaban J connectivity index is 0.716. The number of hydrogen-bond donors (Lipinski definition) is 2. The highest BCUT2D eigenvalue weighted by Gasteiger charge is 2.45. The predicted octanol–water partition coefficient (Wildman–Crippen LogP) is 4.31. The summed E-state index contributed by atoms with van der Waals surface area (Å²) < 4.78 is 8.05. The average molecular weight is 838 g/mol. The molecule has 17 heteroatoms. The number of likely N-dealkylation sites (tertiary alicyclic amines) is 2. The van der Waals surface area contributed by atoms with E-state index in [0.717, 1.165) is 83.1 Å². The summed E-state index contributed by atoms with van der Waals surface area (Å²) in [5.41, 5.74) is 10.1. The summed E-state index contributed by atoms with van der Waals surface area (Å²) in [5.74, 6) is -0.199. The smallest absolute Gasteiger partial charge is 0.320 e. The number of ether oxygens (including phenoxy) is 1. The molecule has 4 saturated heterocycles. The van der Waals surface area contributed by atoms with Crippen LogP contribution < -0.4 is 20.7 Å². The van der Waals surface area contributed by atoms with Crippen LogP contribution in [0.2, 0.25) is 0 Å². The van der Waals surface area contributed by atoms with Gasteiger partial charge in [0.05, 0.1) is 22.6 Å². The largest absolute Gasteiger partial charge is 0.457 e. The summed E-state index contributed by atoms with van der Waals surface area (Å²) in [6.07, 6.45) is 5.34. The molecule has 318 valence electrons. The van der Waals surface area contributed by atoms with E-state index < -0.39 is 29.7 Å². The van der Waals surface area contributed by atoms with Crippen LogP contribution in [0.25, 0.3) is 22.3 Å². The van der Waals surface area contributed by atoms with Gasteiger partial charge >= 0.3 is 6.03 Å². The molecule has 10 rings (SSSR count). The number of nitrogens with two attached hydrogens (primary N) is 1. The van der Waals surface area contributed by atoms with Crippen molar-refractivity contribution in [3.63, 3.8) is 0 Å². The average Bonchev–Trinajstić information content (AvgIpc) is 3.82. The maximum absolute atomic E-state index is 13.7. The number of benzene rings is 3. The zero-order valence-electron chi connectivity index (χ0n) is 34.2. The number of nitrogen functional groups attached to an aromatic ring is 1. The molecule has 62 heavy (non-hydrogen) atoms. The Labute approximate surface area is 357 Å². The van der Waals surface area contributed by atoms with Crippen LogP contribution in [0, 0.1) is 0 Å². The van der Waals surface area contributed by atoms with Gasteiger partial charge in [-0.3, -0.25) is 29.4 Å². The number of anilines is 2. The second-order valence-electron chi connectivity index (χ2n) is 16.6. The SMILES string of the molecule is Nc1ncnc2c1c(-c1ccc(Oc3ccccc3)cc1)nn2C1CCN(C2CCN(C(=O)N3CCN(c4ccc5c(c4)C(=O)N(C4CCC(=O)NC4=O)C5=O)CC3)CC2)CC1. The third kappa shape index (κ3) is 7.25. The first kappa shape index (κ1) is 39.3. The molecule has 3 aromatic carbocycles. The van der Waals surface area contributed by atoms with E-state index in [1.807, 2.05) is 75.1 Å². The number of amides is 6. The minimum Gasteiger partial charge on any atom is -0.457 e. The van der Waals surface area contributed by atoms with Crippen LogP contribution in [0.5, 0.6) is 11.5 Å². The first-order valence-electron chi connectivity index (χ1n) is 21.4. The number of nitrogens with zero attached hydrogens (tertiary/aromatic N) is 9. The Kier molecular flexibility index (Phi) is 10.3. The van der Waals surface area contributed by atoms with Gasteiger partial charge in [-0.2, -0.15) is 5.10 Å². The Morgan fingerprint density at radius 3 is 2.11 bits per heavy atom. The minimum absolute atomic E-state index is 0.0532. The van der Waals surface area contributed by atoms with E-state index in [0.29, 0.717) is 51.1 Å². The van der Waals surface area contributed by atoms with Crippen LogP contribution in [0.15, 0.2) is 79.1 Å². The molecule has 3 N–H and O–H groups in total. The van der Waals surface area contributed by atoms with Gasteiger partial charge in [-0.25, -0.2) is 19.4 Å². The van der Waals surface area contributed by atoms with E-state index >= 15 is 0 Å². The number of rotatable bonds is 7. The fourth-order valence-corrected chi connectivity index (χ4v) is 9.69. The number of fused-ring (bicyclic) bond motifs is 2. The maximum atomic E-state index is 13.7. The summed E-state index contributed by atoms with van der Waals surface area (Å²) in [5, 5.41) is 8.09. The number of para-hydroxylation sites is 1. The van der Waals surface area contributed by atoms with Gasteiger partial charge in [-0.05, 0) is 86.7 Å². The van der Waals surface area contributed by atoms with Gasteiger partial charge in [-0.1, -0.05) is 18.2 Å². The predicted molar refractivity (Wildman–Crippen MR) is 228 cm³/mol. The first-order chi connectivity index (χ1) is 30.2. The van der Waals surface area contributed by atoms with Crippen molar-refractivity contribution in [3.8, 4) is 22.8 Å². The molecule has 0 radical (unpaired) electrons. The van der Waals surface area contributed by atoms with Crippen molar-refractivity contribution in [2.45, 2.75) is 56.7 Å². The Hall–Kier alpha value is -6.88. The number of imide groups is 2. The third-order valence-corrected chi connectivity index (χ3v) is 13.1. The molecule has 7 heterocycles. The molecular formula is C45H47N11O6. The van der Waals surface area contributed by atoms with E-state index in [4.69, 9.17) is 15.6 Å². The van der Waals surface area contributed by atoms with Crippen molar-refractivity contribution in [1.29, 1.82) is 0 Å². The third-order valence-electron chi connectivity index (χ3n) is 13.1. The lowest BCUT2D eigenvalue weighted by molar-refractivity contribution is -0.136. The van der Waals surface area contributed by atoms with Crippen LogP contribution in [0.1, 0.15) is 65.3 Å². The summed E-state index contributed by atoms with van der Waals surface area (Å²) in [4.78, 5) is 82.9. The number of nitrogens with one attached hydrogen (secondary N) is 1. The van der Waals surface area contributed by atoms with E-state index in [-0.39, 0.29) is 36.0 Å². The zero-order valence-corrected chi connectivity index (χ0v) is 34.2. The molecule has 0 aliphatic carbocycles. The van der Waals surface area contributed by atoms with E-state index in [1.165, 1.54) is 6.33 Å². The summed E-state index contributed by atoms with van der Waals surface area (Å²) >= 11 is 0. The monoisotopic (exact) mass is 837 g/mol. The molecule has 0 spiro atoms. The molecule has 0 saturated carbocycles. The normalized spacial score (nSPS) is 20.5. The van der Waals surface area contributed by atoms with Gasteiger partial charge in [0, 0.05) is 76.1 Å². The zero-order chi connectivity index (χ0) is 42.5. The molecule has 1 atom stereocenters. The van der Waals surface area contributed by atoms with Crippen molar-refractivity contribution < 1.29 is 28.7 Å². The minimum atomic E-state index is -1.01.